The van der Waals surface area contributed by atoms with Gasteiger partial charge < -0.3 is 10.5 Å². The Morgan fingerprint density at radius 3 is 2.50 bits per heavy atom. The van der Waals surface area contributed by atoms with Crippen LogP contribution in [0.4, 0.5) is 0 Å². The van der Waals surface area contributed by atoms with Crippen molar-refractivity contribution < 1.29 is 4.74 Å². The van der Waals surface area contributed by atoms with Crippen LogP contribution in [0.15, 0.2) is 0 Å². The quantitative estimate of drug-likeness (QED) is 0.825. The van der Waals surface area contributed by atoms with E-state index in [9.17, 15) is 0 Å². The third-order valence-electron chi connectivity index (χ3n) is 5.62. The van der Waals surface area contributed by atoms with Crippen molar-refractivity contribution in [2.75, 3.05) is 7.11 Å². The largest absolute Gasteiger partial charge is 0.377 e. The number of hydrogen-bond acceptors (Lipinski definition) is 2. The Kier molecular flexibility index (Phi) is 5.08. The summed E-state index contributed by atoms with van der Waals surface area (Å²) in [4.78, 5) is 0. The third kappa shape index (κ3) is 2.91. The number of methoxy groups -OCH3 is 1. The maximum Gasteiger partial charge on any atom is 0.0831 e. The molecule has 2 aliphatic carbocycles. The molecular formula is C16H31NO. The van der Waals surface area contributed by atoms with Gasteiger partial charge in [-0.3, -0.25) is 0 Å². The second-order valence-electron chi connectivity index (χ2n) is 6.56. The Balaban J connectivity index is 2.01. The fraction of sp³-hybridized carbons (Fsp3) is 1.00. The van der Waals surface area contributed by atoms with Gasteiger partial charge in [-0.05, 0) is 37.5 Å². The minimum Gasteiger partial charge on any atom is -0.377 e. The minimum atomic E-state index is -0.00144. The van der Waals surface area contributed by atoms with Crippen molar-refractivity contribution in [3.63, 3.8) is 0 Å². The highest BCUT2D eigenvalue weighted by Gasteiger charge is 2.42. The Morgan fingerprint density at radius 2 is 1.89 bits per heavy atom. The lowest BCUT2D eigenvalue weighted by Crippen LogP contribution is -2.55. The van der Waals surface area contributed by atoms with Crippen molar-refractivity contribution in [3.8, 4) is 0 Å². The lowest BCUT2D eigenvalue weighted by molar-refractivity contribution is -0.0769. The number of rotatable bonds is 4. The van der Waals surface area contributed by atoms with Gasteiger partial charge in [-0.1, -0.05) is 45.4 Å². The second-order valence-corrected chi connectivity index (χ2v) is 6.56. The van der Waals surface area contributed by atoms with Gasteiger partial charge in [0, 0.05) is 13.2 Å². The third-order valence-corrected chi connectivity index (χ3v) is 5.62. The maximum atomic E-state index is 6.66. The molecule has 106 valence electrons. The Bertz CT molecular complexity index is 247. The summed E-state index contributed by atoms with van der Waals surface area (Å²) in [7, 11) is 1.88. The molecule has 18 heavy (non-hydrogen) atoms. The molecule has 0 bridgehead atoms. The van der Waals surface area contributed by atoms with Crippen molar-refractivity contribution >= 4 is 0 Å². The predicted octanol–water partition coefficient (Wildman–Crippen LogP) is 3.88. The van der Waals surface area contributed by atoms with Gasteiger partial charge in [0.05, 0.1) is 5.60 Å². The molecule has 0 spiro atoms. The van der Waals surface area contributed by atoms with Crippen LogP contribution in [-0.2, 0) is 4.74 Å². The van der Waals surface area contributed by atoms with Crippen LogP contribution in [0.1, 0.15) is 71.1 Å². The summed E-state index contributed by atoms with van der Waals surface area (Å²) >= 11 is 0. The molecule has 0 saturated heterocycles. The van der Waals surface area contributed by atoms with Gasteiger partial charge >= 0.3 is 0 Å². The standard InChI is InChI=1S/C16H31NO/c1-3-13-8-7-9-14(12-13)15(17)16(18-2)10-5-4-6-11-16/h13-15H,3-12,17H2,1-2H3. The van der Waals surface area contributed by atoms with Crippen LogP contribution in [0.25, 0.3) is 0 Å². The van der Waals surface area contributed by atoms with E-state index in [-0.39, 0.29) is 11.6 Å². The van der Waals surface area contributed by atoms with Crippen LogP contribution in [0.5, 0.6) is 0 Å². The SMILES string of the molecule is CCC1CCCC(C(N)C2(OC)CCCCC2)C1. The van der Waals surface area contributed by atoms with Gasteiger partial charge in [0.15, 0.2) is 0 Å². The molecule has 0 aromatic heterocycles. The molecule has 3 unspecified atom stereocenters. The lowest BCUT2D eigenvalue weighted by atomic mass is 9.68. The molecule has 2 saturated carbocycles. The van der Waals surface area contributed by atoms with Crippen LogP contribution in [-0.4, -0.2) is 18.8 Å². The van der Waals surface area contributed by atoms with Gasteiger partial charge in [-0.25, -0.2) is 0 Å². The molecule has 0 aliphatic heterocycles. The molecule has 2 aliphatic rings. The van der Waals surface area contributed by atoms with E-state index in [1.165, 1.54) is 64.2 Å². The average Bonchev–Trinajstić information content (AvgIpc) is 2.47. The van der Waals surface area contributed by atoms with E-state index in [2.05, 4.69) is 6.92 Å². The van der Waals surface area contributed by atoms with Gasteiger partial charge in [0.1, 0.15) is 0 Å². The molecule has 2 N–H and O–H groups in total. The first-order valence-electron chi connectivity index (χ1n) is 8.02. The number of ether oxygens (including phenoxy) is 1. The van der Waals surface area contributed by atoms with E-state index >= 15 is 0 Å². The smallest absolute Gasteiger partial charge is 0.0831 e. The van der Waals surface area contributed by atoms with Crippen molar-refractivity contribution in [2.24, 2.45) is 17.6 Å². The molecular weight excluding hydrogens is 222 g/mol. The van der Waals surface area contributed by atoms with Gasteiger partial charge in [-0.2, -0.15) is 0 Å². The van der Waals surface area contributed by atoms with E-state index in [1.54, 1.807) is 0 Å². The zero-order chi connectivity index (χ0) is 13.0. The topological polar surface area (TPSA) is 35.2 Å². The minimum absolute atomic E-state index is 0.00144. The highest BCUT2D eigenvalue weighted by atomic mass is 16.5. The molecule has 0 aromatic rings. The summed E-state index contributed by atoms with van der Waals surface area (Å²) in [6.45, 7) is 2.32. The van der Waals surface area contributed by atoms with Crippen molar-refractivity contribution in [1.29, 1.82) is 0 Å². The van der Waals surface area contributed by atoms with Crippen LogP contribution in [0.3, 0.4) is 0 Å². The molecule has 2 rings (SSSR count). The van der Waals surface area contributed by atoms with Gasteiger partial charge in [0.25, 0.3) is 0 Å². The summed E-state index contributed by atoms with van der Waals surface area (Å²) in [5.41, 5.74) is 6.66. The zero-order valence-corrected chi connectivity index (χ0v) is 12.3. The summed E-state index contributed by atoms with van der Waals surface area (Å²) in [5.74, 6) is 1.61. The fourth-order valence-corrected chi connectivity index (χ4v) is 4.28. The lowest BCUT2D eigenvalue weighted by Gasteiger charge is -2.46. The van der Waals surface area contributed by atoms with E-state index in [4.69, 9.17) is 10.5 Å². The monoisotopic (exact) mass is 253 g/mol. The maximum absolute atomic E-state index is 6.66. The Hall–Kier alpha value is -0.0800. The highest BCUT2D eigenvalue weighted by molar-refractivity contribution is 4.98. The first-order valence-corrected chi connectivity index (χ1v) is 8.02. The second kappa shape index (κ2) is 6.38. The summed E-state index contributed by atoms with van der Waals surface area (Å²) < 4.78 is 5.94. The Morgan fingerprint density at radius 1 is 1.17 bits per heavy atom. The first kappa shape index (κ1) is 14.3. The molecule has 0 radical (unpaired) electrons. The first-order chi connectivity index (χ1) is 8.72. The Labute approximate surface area is 113 Å². The highest BCUT2D eigenvalue weighted by Crippen LogP contribution is 2.41. The van der Waals surface area contributed by atoms with E-state index in [1.807, 2.05) is 7.11 Å². The molecule has 3 atom stereocenters. The van der Waals surface area contributed by atoms with Gasteiger partial charge in [-0.15, -0.1) is 0 Å². The van der Waals surface area contributed by atoms with E-state index in [0.29, 0.717) is 5.92 Å². The van der Waals surface area contributed by atoms with Crippen molar-refractivity contribution in [3.05, 3.63) is 0 Å². The van der Waals surface area contributed by atoms with Crippen LogP contribution < -0.4 is 5.73 Å². The molecule has 0 amide bonds. The average molecular weight is 253 g/mol. The number of hydrogen-bond donors (Lipinski definition) is 1. The number of nitrogens with two attached hydrogens (primary N) is 1. The molecule has 2 nitrogen and oxygen atoms in total. The van der Waals surface area contributed by atoms with Crippen LogP contribution in [0, 0.1) is 11.8 Å². The van der Waals surface area contributed by atoms with Crippen LogP contribution in [0.2, 0.25) is 0 Å². The summed E-state index contributed by atoms with van der Waals surface area (Å²) in [5, 5.41) is 0. The predicted molar refractivity (Wildman–Crippen MR) is 76.5 cm³/mol. The van der Waals surface area contributed by atoms with Gasteiger partial charge in [0.2, 0.25) is 0 Å². The molecule has 0 aromatic carbocycles. The molecule has 2 heteroatoms. The van der Waals surface area contributed by atoms with E-state index in [0.717, 1.165) is 5.92 Å². The summed E-state index contributed by atoms with van der Waals surface area (Å²) in [6.07, 6.45) is 13.1. The molecule has 2 fully saturated rings. The van der Waals surface area contributed by atoms with Crippen molar-refractivity contribution in [1.82, 2.24) is 0 Å². The normalized spacial score (nSPS) is 34.2. The van der Waals surface area contributed by atoms with Crippen LogP contribution >= 0.6 is 0 Å². The molecule has 0 heterocycles. The van der Waals surface area contributed by atoms with Crippen molar-refractivity contribution in [2.45, 2.75) is 82.8 Å². The zero-order valence-electron chi connectivity index (χ0n) is 12.3. The summed E-state index contributed by atoms with van der Waals surface area (Å²) in [6, 6.07) is 0.261. The fourth-order valence-electron chi connectivity index (χ4n) is 4.28. The van der Waals surface area contributed by atoms with E-state index < -0.39 is 0 Å².